The van der Waals surface area contributed by atoms with Crippen LogP contribution >= 0.6 is 0 Å². The lowest BCUT2D eigenvalue weighted by Gasteiger charge is -2.26. The smallest absolute Gasteiger partial charge is 0.167 e. The number of aromatic nitrogens is 3. The molecule has 7 aromatic carbocycles. The van der Waals surface area contributed by atoms with Crippen molar-refractivity contribution in [3.63, 3.8) is 0 Å². The van der Waals surface area contributed by atoms with E-state index in [0.717, 1.165) is 5.39 Å². The highest BCUT2D eigenvalue weighted by Crippen LogP contribution is 2.58. The van der Waals surface area contributed by atoms with Gasteiger partial charge < -0.3 is 8.83 Å². The standard InChI is InChI=1S/C49H31N3O2/c1-49(2)37-21-8-5-14-28(37)32-26-25-31-27-13-3-4-16-30(27)43(42(31)44(32)49)48-51-46(35-19-12-24-40-41(35)34-17-7-10-23-39(34)53-40)50-47(52-48)36-20-11-18-33-29-15-6-9-22-38(29)54-45(33)36/h3-26,43H,1-2H3/i1D3,2D3,3D,4D,5D,8D,13D,14D,16D,21D,25D,26D. The van der Waals surface area contributed by atoms with Gasteiger partial charge >= 0.3 is 0 Å². The average molecular weight is 710 g/mol. The molecule has 3 aromatic heterocycles. The molecule has 0 saturated heterocycles. The molecular formula is C49H31N3O2. The molecule has 3 heterocycles. The summed E-state index contributed by atoms with van der Waals surface area (Å²) in [5, 5.41) is 2.76. The lowest BCUT2D eigenvalue weighted by Crippen LogP contribution is -2.19. The van der Waals surface area contributed by atoms with Gasteiger partial charge in [-0.15, -0.1) is 0 Å². The topological polar surface area (TPSA) is 65.0 Å². The van der Waals surface area contributed by atoms with E-state index in [4.69, 9.17) is 30.6 Å². The van der Waals surface area contributed by atoms with Crippen molar-refractivity contribution in [2.45, 2.75) is 25.0 Å². The number of benzene rings is 7. The van der Waals surface area contributed by atoms with Gasteiger partial charge in [0, 0.05) is 40.7 Å². The number of furan rings is 2. The van der Waals surface area contributed by atoms with E-state index in [1.165, 1.54) is 0 Å². The van der Waals surface area contributed by atoms with Crippen LogP contribution in [0.15, 0.2) is 154 Å². The van der Waals surface area contributed by atoms with Crippen LogP contribution in [0.5, 0.6) is 0 Å². The molecule has 0 N–H and O–H groups in total. The fourth-order valence-electron chi connectivity index (χ4n) is 8.27. The summed E-state index contributed by atoms with van der Waals surface area (Å²) in [7, 11) is 0. The Labute approximate surface area is 333 Å². The van der Waals surface area contributed by atoms with Crippen LogP contribution in [0, 0.1) is 0 Å². The van der Waals surface area contributed by atoms with E-state index < -0.39 is 113 Å². The molecule has 1 unspecified atom stereocenters. The van der Waals surface area contributed by atoms with Gasteiger partial charge in [-0.25, -0.2) is 15.0 Å². The maximum atomic E-state index is 9.68. The molecule has 0 bridgehead atoms. The van der Waals surface area contributed by atoms with Crippen LogP contribution in [0.1, 0.15) is 69.6 Å². The Bertz CT molecular complexity index is 4010. The van der Waals surface area contributed by atoms with Gasteiger partial charge in [0.05, 0.1) is 25.2 Å². The quantitative estimate of drug-likeness (QED) is 0.183. The number of para-hydroxylation sites is 3. The summed E-state index contributed by atoms with van der Waals surface area (Å²) >= 11 is 0. The van der Waals surface area contributed by atoms with Gasteiger partial charge in [0.2, 0.25) is 0 Å². The monoisotopic (exact) mass is 709 g/mol. The average Bonchev–Trinajstić information content (AvgIpc) is 4.10. The van der Waals surface area contributed by atoms with E-state index in [-0.39, 0.29) is 34.2 Å². The van der Waals surface area contributed by atoms with Gasteiger partial charge in [0.1, 0.15) is 28.2 Å². The molecule has 0 spiro atoms. The maximum Gasteiger partial charge on any atom is 0.167 e. The highest BCUT2D eigenvalue weighted by Gasteiger charge is 2.44. The first kappa shape index (κ1) is 18.3. The molecule has 0 fully saturated rings. The number of fused-ring (bicyclic) bond motifs is 13. The van der Waals surface area contributed by atoms with Crippen LogP contribution in [0.3, 0.4) is 0 Å². The summed E-state index contributed by atoms with van der Waals surface area (Å²) in [6.07, 6.45) is 0. The molecule has 10 aromatic rings. The Morgan fingerprint density at radius 1 is 0.556 bits per heavy atom. The van der Waals surface area contributed by atoms with Crippen molar-refractivity contribution in [1.29, 1.82) is 0 Å². The zero-order valence-corrected chi connectivity index (χ0v) is 27.8. The molecule has 0 amide bonds. The maximum absolute atomic E-state index is 9.68. The number of hydrogen-bond donors (Lipinski definition) is 0. The third-order valence-corrected chi connectivity index (χ3v) is 10.5. The van der Waals surface area contributed by atoms with Gasteiger partial charge in [-0.2, -0.15) is 0 Å². The SMILES string of the molecule is [2H]c1c([2H])c([2H])c2c(c1[2H])-c1c([2H])c([2H])c3c(c1C2c1nc(-c2cccc4c2oc2ccccc24)nc(-c2cccc4oc5ccccc5c24)n1)C(C([2H])([2H])[2H])(C([2H])([2H])[2H])c1c([2H])c([2H])c([2H])c([2H])c1-3. The van der Waals surface area contributed by atoms with E-state index in [9.17, 15) is 15.1 Å². The normalized spacial score (nSPS) is 19.9. The summed E-state index contributed by atoms with van der Waals surface area (Å²) in [5.74, 6) is -2.07. The summed E-state index contributed by atoms with van der Waals surface area (Å²) in [5.41, 5.74) is -4.74. The molecule has 2 aliphatic rings. The minimum Gasteiger partial charge on any atom is -0.456 e. The Balaban J connectivity index is 1.29. The Morgan fingerprint density at radius 3 is 2.09 bits per heavy atom. The number of nitrogens with zero attached hydrogens (tertiary/aromatic N) is 3. The molecule has 5 nitrogen and oxygen atoms in total. The van der Waals surface area contributed by atoms with E-state index in [0.29, 0.717) is 49.6 Å². The van der Waals surface area contributed by atoms with Crippen molar-refractivity contribution < 1.29 is 30.8 Å². The van der Waals surface area contributed by atoms with Crippen LogP contribution < -0.4 is 0 Å². The van der Waals surface area contributed by atoms with Crippen molar-refractivity contribution in [3.05, 3.63) is 173 Å². The van der Waals surface area contributed by atoms with Crippen LogP contribution in [-0.4, -0.2) is 15.0 Å². The molecule has 0 saturated carbocycles. The number of hydrogen-bond acceptors (Lipinski definition) is 5. The Kier molecular flexibility index (Phi) is 3.59. The predicted octanol–water partition coefficient (Wildman–Crippen LogP) is 12.5. The van der Waals surface area contributed by atoms with E-state index in [1.54, 1.807) is 42.5 Å². The Hall–Kier alpha value is -6.85. The molecule has 0 radical (unpaired) electrons. The highest BCUT2D eigenvalue weighted by molar-refractivity contribution is 6.12. The van der Waals surface area contributed by atoms with Gasteiger partial charge in [0.25, 0.3) is 0 Å². The van der Waals surface area contributed by atoms with Crippen molar-refractivity contribution in [2.75, 3.05) is 0 Å². The van der Waals surface area contributed by atoms with Gasteiger partial charge in [-0.1, -0.05) is 135 Å². The molecule has 254 valence electrons. The van der Waals surface area contributed by atoms with Crippen molar-refractivity contribution in [2.24, 2.45) is 0 Å². The highest BCUT2D eigenvalue weighted by atomic mass is 16.3. The summed E-state index contributed by atoms with van der Waals surface area (Å²) in [6, 6.07) is 17.3. The second-order valence-corrected chi connectivity index (χ2v) is 13.4. The van der Waals surface area contributed by atoms with Gasteiger partial charge in [0.15, 0.2) is 11.6 Å². The molecule has 12 rings (SSSR count). The molecule has 2 aliphatic carbocycles. The van der Waals surface area contributed by atoms with Crippen LogP contribution in [-0.2, 0) is 5.41 Å². The van der Waals surface area contributed by atoms with E-state index in [2.05, 4.69) is 0 Å². The first-order valence-electron chi connectivity index (χ1n) is 25.2. The molecule has 1 atom stereocenters. The van der Waals surface area contributed by atoms with Crippen molar-refractivity contribution >= 4 is 43.9 Å². The molecular weight excluding hydrogens is 663 g/mol. The van der Waals surface area contributed by atoms with Crippen molar-refractivity contribution in [1.82, 2.24) is 15.0 Å². The second kappa shape index (κ2) is 10.6. The largest absolute Gasteiger partial charge is 0.456 e. The minimum atomic E-state index is -3.70. The van der Waals surface area contributed by atoms with Crippen LogP contribution in [0.4, 0.5) is 0 Å². The minimum absolute atomic E-state index is 0.00161. The van der Waals surface area contributed by atoms with Gasteiger partial charge in [-0.3, -0.25) is 0 Å². The van der Waals surface area contributed by atoms with E-state index in [1.807, 2.05) is 42.5 Å². The fraction of sp³-hybridized carbons (Fsp3) is 0.0816. The van der Waals surface area contributed by atoms with E-state index >= 15 is 0 Å². The lowest BCUT2D eigenvalue weighted by atomic mass is 9.77. The number of rotatable bonds is 3. The third-order valence-electron chi connectivity index (χ3n) is 10.5. The van der Waals surface area contributed by atoms with Crippen LogP contribution in [0.2, 0.25) is 0 Å². The molecule has 0 aliphatic heterocycles. The van der Waals surface area contributed by atoms with Gasteiger partial charge in [-0.05, 0) is 68.8 Å². The Morgan fingerprint density at radius 2 is 1.22 bits per heavy atom. The zero-order valence-electron chi connectivity index (χ0n) is 43.8. The predicted molar refractivity (Wildman–Crippen MR) is 216 cm³/mol. The molecule has 5 heteroatoms. The van der Waals surface area contributed by atoms with Crippen LogP contribution in [0.25, 0.3) is 88.9 Å². The zero-order chi connectivity index (χ0) is 49.4. The summed E-state index contributed by atoms with van der Waals surface area (Å²) in [4.78, 5) is 15.2. The summed E-state index contributed by atoms with van der Waals surface area (Å²) < 4.78 is 160. The lowest BCUT2D eigenvalue weighted by molar-refractivity contribution is 0.648. The first-order chi connectivity index (χ1) is 33.2. The second-order valence-electron chi connectivity index (χ2n) is 13.4. The third kappa shape index (κ3) is 3.90. The molecule has 54 heavy (non-hydrogen) atoms. The van der Waals surface area contributed by atoms with Crippen molar-refractivity contribution in [3.8, 4) is 45.0 Å². The summed E-state index contributed by atoms with van der Waals surface area (Å²) in [6.45, 7) is -7.39. The fourth-order valence-corrected chi connectivity index (χ4v) is 8.27. The first-order valence-corrected chi connectivity index (χ1v) is 17.2.